The van der Waals surface area contributed by atoms with Gasteiger partial charge in [-0.2, -0.15) is 0 Å². The predicted molar refractivity (Wildman–Crippen MR) is 111 cm³/mol. The van der Waals surface area contributed by atoms with Crippen LogP contribution < -0.4 is 9.47 Å². The summed E-state index contributed by atoms with van der Waals surface area (Å²) < 4.78 is 11.4. The molecule has 5 nitrogen and oxygen atoms in total. The Bertz CT molecular complexity index is 756. The zero-order valence-electron chi connectivity index (χ0n) is 16.9. The summed E-state index contributed by atoms with van der Waals surface area (Å²) in [6, 6.07) is 16.0. The second-order valence-electron chi connectivity index (χ2n) is 7.00. The number of benzene rings is 2. The fourth-order valence-electron chi connectivity index (χ4n) is 3.37. The molecule has 1 fully saturated rings. The van der Waals surface area contributed by atoms with Gasteiger partial charge in [0.25, 0.3) is 5.91 Å². The van der Waals surface area contributed by atoms with Crippen LogP contribution in [0.5, 0.6) is 11.5 Å². The van der Waals surface area contributed by atoms with Crippen molar-refractivity contribution in [3.8, 4) is 11.5 Å². The van der Waals surface area contributed by atoms with E-state index in [1.807, 2.05) is 36.1 Å². The molecule has 0 aliphatic carbocycles. The summed E-state index contributed by atoms with van der Waals surface area (Å²) in [7, 11) is 0. The lowest BCUT2D eigenvalue weighted by molar-refractivity contribution is 0.0628. The molecule has 3 rings (SSSR count). The maximum atomic E-state index is 13.0. The minimum absolute atomic E-state index is 0.0577. The fourth-order valence-corrected chi connectivity index (χ4v) is 3.37. The summed E-state index contributed by atoms with van der Waals surface area (Å²) in [5, 5.41) is 0. The lowest BCUT2D eigenvalue weighted by atomic mass is 10.1. The van der Waals surface area contributed by atoms with Crippen molar-refractivity contribution in [2.75, 3.05) is 39.4 Å². The number of hydrogen-bond acceptors (Lipinski definition) is 4. The van der Waals surface area contributed by atoms with Gasteiger partial charge in [0.2, 0.25) is 0 Å². The first-order valence-electron chi connectivity index (χ1n) is 10.2. The number of carbonyl (C=O) groups excluding carboxylic acids is 1. The molecule has 2 aromatic carbocycles. The maximum Gasteiger partial charge on any atom is 0.254 e. The van der Waals surface area contributed by atoms with Crippen LogP contribution in [-0.2, 0) is 6.54 Å². The number of ether oxygens (including phenoxy) is 2. The standard InChI is InChI=1S/C23H30N2O3/c1-3-16-28-21-11-10-20(17-22(21)27-4-2)23(26)25-14-12-24(13-15-25)18-19-8-6-5-7-9-19/h5-11,17H,3-4,12-16,18H2,1-2H3. The van der Waals surface area contributed by atoms with Crippen molar-refractivity contribution in [1.82, 2.24) is 9.80 Å². The van der Waals surface area contributed by atoms with E-state index in [-0.39, 0.29) is 5.91 Å². The van der Waals surface area contributed by atoms with Crippen LogP contribution in [0.4, 0.5) is 0 Å². The molecule has 28 heavy (non-hydrogen) atoms. The zero-order chi connectivity index (χ0) is 19.8. The molecule has 0 unspecified atom stereocenters. The van der Waals surface area contributed by atoms with Crippen LogP contribution in [0.1, 0.15) is 36.2 Å². The first kappa shape index (κ1) is 20.2. The minimum atomic E-state index is 0.0577. The summed E-state index contributed by atoms with van der Waals surface area (Å²) in [5.74, 6) is 1.40. The average Bonchev–Trinajstić information content (AvgIpc) is 2.74. The normalized spacial score (nSPS) is 14.7. The van der Waals surface area contributed by atoms with Gasteiger partial charge >= 0.3 is 0 Å². The molecule has 0 saturated carbocycles. The van der Waals surface area contributed by atoms with Crippen molar-refractivity contribution < 1.29 is 14.3 Å². The van der Waals surface area contributed by atoms with E-state index in [1.54, 1.807) is 0 Å². The number of rotatable bonds is 8. The fraction of sp³-hybridized carbons (Fsp3) is 0.435. The van der Waals surface area contributed by atoms with E-state index in [1.165, 1.54) is 5.56 Å². The smallest absolute Gasteiger partial charge is 0.254 e. The quantitative estimate of drug-likeness (QED) is 0.696. The largest absolute Gasteiger partial charge is 0.490 e. The highest BCUT2D eigenvalue weighted by molar-refractivity contribution is 5.95. The van der Waals surface area contributed by atoms with Crippen molar-refractivity contribution in [1.29, 1.82) is 0 Å². The Morgan fingerprint density at radius 2 is 1.68 bits per heavy atom. The highest BCUT2D eigenvalue weighted by Crippen LogP contribution is 2.29. The number of amides is 1. The lowest BCUT2D eigenvalue weighted by Crippen LogP contribution is -2.48. The zero-order valence-corrected chi connectivity index (χ0v) is 16.9. The molecule has 5 heteroatoms. The van der Waals surface area contributed by atoms with Gasteiger partial charge < -0.3 is 14.4 Å². The van der Waals surface area contributed by atoms with Crippen LogP contribution >= 0.6 is 0 Å². The van der Waals surface area contributed by atoms with E-state index in [4.69, 9.17) is 9.47 Å². The highest BCUT2D eigenvalue weighted by Gasteiger charge is 2.23. The molecule has 0 aromatic heterocycles. The maximum absolute atomic E-state index is 13.0. The van der Waals surface area contributed by atoms with Crippen LogP contribution in [0.15, 0.2) is 48.5 Å². The third-order valence-electron chi connectivity index (χ3n) is 4.86. The van der Waals surface area contributed by atoms with Crippen molar-refractivity contribution in [3.63, 3.8) is 0 Å². The van der Waals surface area contributed by atoms with Gasteiger partial charge in [-0.3, -0.25) is 9.69 Å². The Labute approximate surface area is 167 Å². The van der Waals surface area contributed by atoms with Crippen molar-refractivity contribution in [3.05, 3.63) is 59.7 Å². The Kier molecular flexibility index (Phi) is 7.31. The molecule has 2 aromatic rings. The first-order chi connectivity index (χ1) is 13.7. The van der Waals surface area contributed by atoms with E-state index in [0.29, 0.717) is 30.3 Å². The Hall–Kier alpha value is -2.53. The SMILES string of the molecule is CCCOc1ccc(C(=O)N2CCN(Cc3ccccc3)CC2)cc1OCC. The number of hydrogen-bond donors (Lipinski definition) is 0. The van der Waals surface area contributed by atoms with Crippen LogP contribution in [0.3, 0.4) is 0 Å². The molecule has 0 radical (unpaired) electrons. The van der Waals surface area contributed by atoms with Crippen LogP contribution in [-0.4, -0.2) is 55.1 Å². The predicted octanol–water partition coefficient (Wildman–Crippen LogP) is 3.83. The molecule has 150 valence electrons. The van der Waals surface area contributed by atoms with Gasteiger partial charge in [0.1, 0.15) is 0 Å². The van der Waals surface area contributed by atoms with E-state index in [0.717, 1.165) is 39.1 Å². The Morgan fingerprint density at radius 3 is 2.36 bits per heavy atom. The second kappa shape index (κ2) is 10.1. The average molecular weight is 383 g/mol. The van der Waals surface area contributed by atoms with Crippen molar-refractivity contribution in [2.24, 2.45) is 0 Å². The molecular weight excluding hydrogens is 352 g/mol. The van der Waals surface area contributed by atoms with Gasteiger partial charge in [-0.05, 0) is 37.1 Å². The van der Waals surface area contributed by atoms with Gasteiger partial charge in [0.05, 0.1) is 13.2 Å². The monoisotopic (exact) mass is 382 g/mol. The highest BCUT2D eigenvalue weighted by atomic mass is 16.5. The first-order valence-corrected chi connectivity index (χ1v) is 10.2. The lowest BCUT2D eigenvalue weighted by Gasteiger charge is -2.34. The van der Waals surface area contributed by atoms with Crippen LogP contribution in [0.2, 0.25) is 0 Å². The summed E-state index contributed by atoms with van der Waals surface area (Å²) in [4.78, 5) is 17.3. The van der Waals surface area contributed by atoms with Gasteiger partial charge in [-0.15, -0.1) is 0 Å². The molecule has 0 spiro atoms. The summed E-state index contributed by atoms with van der Waals surface area (Å²) in [5.41, 5.74) is 1.97. The van der Waals surface area contributed by atoms with E-state index in [2.05, 4.69) is 36.1 Å². The molecule has 1 aliphatic heterocycles. The number of carbonyl (C=O) groups is 1. The molecule has 1 heterocycles. The molecule has 0 atom stereocenters. The van der Waals surface area contributed by atoms with E-state index < -0.39 is 0 Å². The van der Waals surface area contributed by atoms with Crippen molar-refractivity contribution >= 4 is 5.91 Å². The Morgan fingerprint density at radius 1 is 0.929 bits per heavy atom. The van der Waals surface area contributed by atoms with Crippen LogP contribution in [0, 0.1) is 0 Å². The molecular formula is C23H30N2O3. The van der Waals surface area contributed by atoms with E-state index >= 15 is 0 Å². The summed E-state index contributed by atoms with van der Waals surface area (Å²) >= 11 is 0. The molecule has 0 bridgehead atoms. The van der Waals surface area contributed by atoms with Gasteiger partial charge in [0, 0.05) is 38.3 Å². The third kappa shape index (κ3) is 5.26. The molecule has 1 saturated heterocycles. The molecule has 0 N–H and O–H groups in total. The van der Waals surface area contributed by atoms with Gasteiger partial charge in [0.15, 0.2) is 11.5 Å². The third-order valence-corrected chi connectivity index (χ3v) is 4.86. The van der Waals surface area contributed by atoms with E-state index in [9.17, 15) is 4.79 Å². The van der Waals surface area contributed by atoms with Gasteiger partial charge in [-0.1, -0.05) is 37.3 Å². The summed E-state index contributed by atoms with van der Waals surface area (Å²) in [6.07, 6.45) is 0.930. The summed E-state index contributed by atoms with van der Waals surface area (Å²) in [6.45, 7) is 9.36. The molecule has 1 amide bonds. The Balaban J connectivity index is 1.60. The van der Waals surface area contributed by atoms with Gasteiger partial charge in [-0.25, -0.2) is 0 Å². The number of piperazine rings is 1. The van der Waals surface area contributed by atoms with Crippen molar-refractivity contribution in [2.45, 2.75) is 26.8 Å². The van der Waals surface area contributed by atoms with Crippen LogP contribution in [0.25, 0.3) is 0 Å². The second-order valence-corrected chi connectivity index (χ2v) is 7.00. The molecule has 1 aliphatic rings. The topological polar surface area (TPSA) is 42.0 Å². The minimum Gasteiger partial charge on any atom is -0.490 e. The number of nitrogens with zero attached hydrogens (tertiary/aromatic N) is 2.